The van der Waals surface area contributed by atoms with Crippen LogP contribution in [0.5, 0.6) is 0 Å². The molecule has 0 aliphatic carbocycles. The second-order valence-corrected chi connectivity index (χ2v) is 8.48. The van der Waals surface area contributed by atoms with Crippen LogP contribution in [0.1, 0.15) is 22.7 Å². The molecule has 1 N–H and O–H groups in total. The Kier molecular flexibility index (Phi) is 6.66. The van der Waals surface area contributed by atoms with Gasteiger partial charge in [-0.3, -0.25) is 9.59 Å². The summed E-state index contributed by atoms with van der Waals surface area (Å²) >= 11 is 3.47. The van der Waals surface area contributed by atoms with E-state index in [9.17, 15) is 14.7 Å². The summed E-state index contributed by atoms with van der Waals surface area (Å²) in [6.45, 7) is 0.378. The van der Waals surface area contributed by atoms with Crippen molar-refractivity contribution in [1.82, 2.24) is 4.90 Å². The zero-order chi connectivity index (χ0) is 22.5. The summed E-state index contributed by atoms with van der Waals surface area (Å²) in [6, 6.07) is 26.1. The highest BCUT2D eigenvalue weighted by Gasteiger charge is 2.42. The lowest BCUT2D eigenvalue weighted by atomic mass is 9.95. The van der Waals surface area contributed by atoms with Crippen LogP contribution >= 0.6 is 15.9 Å². The Labute approximate surface area is 195 Å². The highest BCUT2D eigenvalue weighted by atomic mass is 79.9. The third-order valence-electron chi connectivity index (χ3n) is 5.44. The molecule has 1 atom stereocenters. The van der Waals surface area contributed by atoms with E-state index in [1.165, 1.54) is 6.08 Å². The lowest BCUT2D eigenvalue weighted by molar-refractivity contribution is -0.129. The maximum atomic E-state index is 13.2. The summed E-state index contributed by atoms with van der Waals surface area (Å²) in [4.78, 5) is 27.8. The lowest BCUT2D eigenvalue weighted by Gasteiger charge is -2.27. The molecule has 3 aromatic carbocycles. The molecule has 1 aliphatic rings. The van der Waals surface area contributed by atoms with Crippen molar-refractivity contribution in [3.63, 3.8) is 0 Å². The maximum Gasteiger partial charge on any atom is 0.290 e. The van der Waals surface area contributed by atoms with Gasteiger partial charge in [-0.15, -0.1) is 0 Å². The fourth-order valence-electron chi connectivity index (χ4n) is 3.88. The lowest BCUT2D eigenvalue weighted by Crippen LogP contribution is -2.33. The number of carbonyl (C=O) groups excluding carboxylic acids is 2. The molecule has 5 heteroatoms. The number of nitrogens with zero attached hydrogens (tertiary/aromatic N) is 1. The Bertz CT molecular complexity index is 1190. The van der Waals surface area contributed by atoms with E-state index >= 15 is 0 Å². The standard InChI is InChI=1S/C27H22BrNO3/c28-22-13-7-12-21(18-22)25-24(23(30)15-14-19-8-3-1-4-9-19)26(31)27(32)29(25)17-16-20-10-5-2-6-11-20/h1-15,18,25,31H,16-17H2/b15-14+. The molecule has 1 aliphatic heterocycles. The predicted molar refractivity (Wildman–Crippen MR) is 129 cm³/mol. The van der Waals surface area contributed by atoms with Crippen molar-refractivity contribution in [1.29, 1.82) is 0 Å². The van der Waals surface area contributed by atoms with Gasteiger partial charge in [0, 0.05) is 11.0 Å². The number of amides is 1. The molecule has 0 radical (unpaired) electrons. The molecule has 0 bridgehead atoms. The zero-order valence-corrected chi connectivity index (χ0v) is 18.9. The molecule has 3 aromatic rings. The van der Waals surface area contributed by atoms with Crippen molar-refractivity contribution >= 4 is 33.7 Å². The first-order valence-electron chi connectivity index (χ1n) is 10.4. The normalized spacial score (nSPS) is 16.2. The van der Waals surface area contributed by atoms with Crippen molar-refractivity contribution in [3.8, 4) is 0 Å². The Hall–Kier alpha value is -3.44. The van der Waals surface area contributed by atoms with E-state index in [-0.39, 0.29) is 11.4 Å². The van der Waals surface area contributed by atoms with Gasteiger partial charge in [-0.25, -0.2) is 0 Å². The van der Waals surface area contributed by atoms with E-state index in [2.05, 4.69) is 15.9 Å². The highest BCUT2D eigenvalue weighted by Crippen LogP contribution is 2.38. The first-order valence-corrected chi connectivity index (χ1v) is 11.1. The molecule has 1 unspecified atom stereocenters. The van der Waals surface area contributed by atoms with E-state index in [1.807, 2.05) is 84.9 Å². The number of carbonyl (C=O) groups is 2. The van der Waals surface area contributed by atoms with Gasteiger partial charge in [0.2, 0.25) is 0 Å². The minimum atomic E-state index is -0.656. The SMILES string of the molecule is O=C(/C=C/c1ccccc1)C1=C(O)C(=O)N(CCc2ccccc2)C1c1cccc(Br)c1. The van der Waals surface area contributed by atoms with Crippen LogP contribution in [0.25, 0.3) is 6.08 Å². The first-order chi connectivity index (χ1) is 15.5. The van der Waals surface area contributed by atoms with Crippen LogP contribution in [0.15, 0.2) is 107 Å². The fraction of sp³-hybridized carbons (Fsp3) is 0.111. The number of allylic oxidation sites excluding steroid dienone is 1. The minimum absolute atomic E-state index is 0.105. The van der Waals surface area contributed by atoms with Crippen LogP contribution < -0.4 is 0 Å². The molecule has 4 nitrogen and oxygen atoms in total. The molecule has 4 rings (SSSR count). The number of hydrogen-bond acceptors (Lipinski definition) is 3. The van der Waals surface area contributed by atoms with Crippen LogP contribution in [0.3, 0.4) is 0 Å². The van der Waals surface area contributed by atoms with Gasteiger partial charge in [0.1, 0.15) is 0 Å². The number of ketones is 1. The summed E-state index contributed by atoms with van der Waals surface area (Å²) in [5.74, 6) is -1.39. The van der Waals surface area contributed by atoms with E-state index in [0.29, 0.717) is 13.0 Å². The van der Waals surface area contributed by atoms with Crippen LogP contribution in [-0.4, -0.2) is 28.2 Å². The van der Waals surface area contributed by atoms with Gasteiger partial charge in [-0.1, -0.05) is 94.8 Å². The first kappa shape index (κ1) is 21.8. The van der Waals surface area contributed by atoms with Crippen LogP contribution in [0.2, 0.25) is 0 Å². The van der Waals surface area contributed by atoms with E-state index in [4.69, 9.17) is 0 Å². The molecule has 0 saturated carbocycles. The largest absolute Gasteiger partial charge is 0.503 e. The Morgan fingerprint density at radius 1 is 0.969 bits per heavy atom. The number of rotatable bonds is 7. The average molecular weight is 488 g/mol. The van der Waals surface area contributed by atoms with Crippen LogP contribution in [-0.2, 0) is 16.0 Å². The van der Waals surface area contributed by atoms with Crippen LogP contribution in [0, 0.1) is 0 Å². The van der Waals surface area contributed by atoms with E-state index < -0.39 is 17.7 Å². The van der Waals surface area contributed by atoms with Gasteiger partial charge in [0.05, 0.1) is 11.6 Å². The summed E-state index contributed by atoms with van der Waals surface area (Å²) < 4.78 is 0.837. The van der Waals surface area contributed by atoms with Crippen molar-refractivity contribution in [2.45, 2.75) is 12.5 Å². The molecule has 1 heterocycles. The Morgan fingerprint density at radius 2 is 1.66 bits per heavy atom. The number of benzene rings is 3. The van der Waals surface area contributed by atoms with Gasteiger partial charge >= 0.3 is 0 Å². The third-order valence-corrected chi connectivity index (χ3v) is 5.94. The maximum absolute atomic E-state index is 13.2. The van der Waals surface area contributed by atoms with Crippen molar-refractivity contribution in [2.24, 2.45) is 0 Å². The quantitative estimate of drug-likeness (QED) is 0.436. The number of hydrogen-bond donors (Lipinski definition) is 1. The number of aliphatic hydroxyl groups is 1. The topological polar surface area (TPSA) is 57.6 Å². The monoisotopic (exact) mass is 487 g/mol. The Morgan fingerprint density at radius 3 is 2.34 bits per heavy atom. The Balaban J connectivity index is 1.67. The van der Waals surface area contributed by atoms with Crippen LogP contribution in [0.4, 0.5) is 0 Å². The van der Waals surface area contributed by atoms with Crippen molar-refractivity contribution in [3.05, 3.63) is 124 Å². The molecule has 0 fully saturated rings. The third kappa shape index (κ3) is 4.73. The van der Waals surface area contributed by atoms with E-state index in [1.54, 1.807) is 11.0 Å². The predicted octanol–water partition coefficient (Wildman–Crippen LogP) is 5.67. The molecule has 160 valence electrons. The van der Waals surface area contributed by atoms with E-state index in [0.717, 1.165) is 21.2 Å². The molecule has 32 heavy (non-hydrogen) atoms. The molecule has 1 amide bonds. The molecule has 0 aromatic heterocycles. The second-order valence-electron chi connectivity index (χ2n) is 7.56. The summed E-state index contributed by atoms with van der Waals surface area (Å²) in [5, 5.41) is 10.7. The van der Waals surface area contributed by atoms with Gasteiger partial charge in [-0.2, -0.15) is 0 Å². The molecular weight excluding hydrogens is 466 g/mol. The summed E-state index contributed by atoms with van der Waals surface area (Å²) in [7, 11) is 0. The van der Waals surface area contributed by atoms with Gasteiger partial charge in [0.25, 0.3) is 5.91 Å². The van der Waals surface area contributed by atoms with Gasteiger partial charge < -0.3 is 10.0 Å². The van der Waals surface area contributed by atoms with Gasteiger partial charge in [0.15, 0.2) is 11.5 Å². The molecular formula is C27H22BrNO3. The minimum Gasteiger partial charge on any atom is -0.503 e. The summed E-state index contributed by atoms with van der Waals surface area (Å²) in [5.41, 5.74) is 2.82. The molecule has 0 spiro atoms. The smallest absolute Gasteiger partial charge is 0.290 e. The van der Waals surface area contributed by atoms with Crippen molar-refractivity contribution < 1.29 is 14.7 Å². The second kappa shape index (κ2) is 9.79. The fourth-order valence-corrected chi connectivity index (χ4v) is 4.30. The molecule has 0 saturated heterocycles. The van der Waals surface area contributed by atoms with Gasteiger partial charge in [-0.05, 0) is 41.3 Å². The summed E-state index contributed by atoms with van der Waals surface area (Å²) in [6.07, 6.45) is 3.73. The highest BCUT2D eigenvalue weighted by molar-refractivity contribution is 9.10. The zero-order valence-electron chi connectivity index (χ0n) is 17.3. The average Bonchev–Trinajstić information content (AvgIpc) is 3.07. The number of halogens is 1. The number of aliphatic hydroxyl groups excluding tert-OH is 1. The van der Waals surface area contributed by atoms with Crippen molar-refractivity contribution in [2.75, 3.05) is 6.54 Å².